The first kappa shape index (κ1) is 12.5. The molecular formula is C16H21NO2. The van der Waals surface area contributed by atoms with Gasteiger partial charge in [-0.1, -0.05) is 18.2 Å². The van der Waals surface area contributed by atoms with Crippen LogP contribution in [-0.4, -0.2) is 30.0 Å². The van der Waals surface area contributed by atoms with Crippen LogP contribution in [0.2, 0.25) is 0 Å². The molecule has 102 valence electrons. The van der Waals surface area contributed by atoms with Gasteiger partial charge in [0.1, 0.15) is 5.75 Å². The fourth-order valence-corrected chi connectivity index (χ4v) is 3.22. The van der Waals surface area contributed by atoms with E-state index in [-0.39, 0.29) is 5.92 Å². The summed E-state index contributed by atoms with van der Waals surface area (Å²) in [6.45, 7) is 3.73. The number of para-hydroxylation sites is 1. The van der Waals surface area contributed by atoms with Crippen molar-refractivity contribution in [2.75, 3.05) is 13.2 Å². The van der Waals surface area contributed by atoms with Gasteiger partial charge in [0.05, 0.1) is 12.5 Å². The smallest absolute Gasteiger partial charge is 0.230 e. The predicted molar refractivity (Wildman–Crippen MR) is 74.3 cm³/mol. The van der Waals surface area contributed by atoms with E-state index in [9.17, 15) is 4.79 Å². The minimum atomic E-state index is -0.00880. The van der Waals surface area contributed by atoms with Gasteiger partial charge in [-0.05, 0) is 38.7 Å². The van der Waals surface area contributed by atoms with Crippen molar-refractivity contribution in [3.05, 3.63) is 29.8 Å². The largest absolute Gasteiger partial charge is 0.493 e. The maximum Gasteiger partial charge on any atom is 0.230 e. The van der Waals surface area contributed by atoms with E-state index < -0.39 is 0 Å². The van der Waals surface area contributed by atoms with E-state index >= 15 is 0 Å². The van der Waals surface area contributed by atoms with E-state index in [1.165, 1.54) is 6.42 Å². The fourth-order valence-electron chi connectivity index (χ4n) is 3.22. The fraction of sp³-hybridized carbons (Fsp3) is 0.562. The van der Waals surface area contributed by atoms with Gasteiger partial charge in [-0.25, -0.2) is 0 Å². The van der Waals surface area contributed by atoms with Crippen LogP contribution in [0.1, 0.15) is 44.1 Å². The molecule has 2 atom stereocenters. The molecule has 0 aromatic heterocycles. The summed E-state index contributed by atoms with van der Waals surface area (Å²) in [5.74, 6) is 1.17. The van der Waals surface area contributed by atoms with E-state index in [0.29, 0.717) is 18.6 Å². The van der Waals surface area contributed by atoms with Crippen LogP contribution in [0.25, 0.3) is 0 Å². The van der Waals surface area contributed by atoms with Gasteiger partial charge in [-0.2, -0.15) is 0 Å². The summed E-state index contributed by atoms with van der Waals surface area (Å²) < 4.78 is 5.65. The molecule has 0 radical (unpaired) electrons. The van der Waals surface area contributed by atoms with Crippen molar-refractivity contribution < 1.29 is 9.53 Å². The van der Waals surface area contributed by atoms with Gasteiger partial charge in [0.25, 0.3) is 0 Å². The van der Waals surface area contributed by atoms with Crippen LogP contribution < -0.4 is 4.74 Å². The highest BCUT2D eigenvalue weighted by molar-refractivity contribution is 5.85. The van der Waals surface area contributed by atoms with Gasteiger partial charge in [0.15, 0.2) is 0 Å². The molecule has 1 saturated heterocycles. The minimum absolute atomic E-state index is 0.00880. The van der Waals surface area contributed by atoms with Gasteiger partial charge in [0.2, 0.25) is 5.91 Å². The Balaban J connectivity index is 1.84. The topological polar surface area (TPSA) is 29.5 Å². The molecule has 3 nitrogen and oxygen atoms in total. The molecule has 0 bridgehead atoms. The highest BCUT2D eigenvalue weighted by Crippen LogP contribution is 2.35. The lowest BCUT2D eigenvalue weighted by Crippen LogP contribution is -2.45. The number of rotatable bonds is 1. The van der Waals surface area contributed by atoms with Crippen LogP contribution in [0.3, 0.4) is 0 Å². The van der Waals surface area contributed by atoms with Crippen LogP contribution >= 0.6 is 0 Å². The minimum Gasteiger partial charge on any atom is -0.493 e. The standard InChI is InChI=1S/C16H21NO2/c1-12-6-4-5-10-17(12)16(18)14-9-11-19-15-8-3-2-7-13(14)15/h2-3,7-8,12,14H,4-6,9-11H2,1H3. The summed E-state index contributed by atoms with van der Waals surface area (Å²) in [7, 11) is 0. The molecule has 1 amide bonds. The predicted octanol–water partition coefficient (Wildman–Crippen LogP) is 2.95. The molecule has 2 aliphatic heterocycles. The molecule has 0 N–H and O–H groups in total. The van der Waals surface area contributed by atoms with Crippen molar-refractivity contribution in [2.24, 2.45) is 0 Å². The Hall–Kier alpha value is -1.51. The average Bonchev–Trinajstić information content (AvgIpc) is 2.46. The first-order valence-corrected chi connectivity index (χ1v) is 7.29. The maximum atomic E-state index is 12.8. The highest BCUT2D eigenvalue weighted by atomic mass is 16.5. The number of carbonyl (C=O) groups excluding carboxylic acids is 1. The molecule has 3 rings (SSSR count). The molecule has 0 spiro atoms. The van der Waals surface area contributed by atoms with Crippen molar-refractivity contribution in [2.45, 2.75) is 44.6 Å². The Morgan fingerprint density at radius 2 is 2.11 bits per heavy atom. The van der Waals surface area contributed by atoms with Crippen molar-refractivity contribution in [1.82, 2.24) is 4.90 Å². The number of benzene rings is 1. The van der Waals surface area contributed by atoms with E-state index in [0.717, 1.165) is 37.1 Å². The number of piperidine rings is 1. The van der Waals surface area contributed by atoms with Gasteiger partial charge < -0.3 is 9.64 Å². The zero-order chi connectivity index (χ0) is 13.2. The number of hydrogen-bond donors (Lipinski definition) is 0. The zero-order valence-corrected chi connectivity index (χ0v) is 11.5. The first-order valence-electron chi connectivity index (χ1n) is 7.29. The number of ether oxygens (including phenoxy) is 1. The Labute approximate surface area is 114 Å². The van der Waals surface area contributed by atoms with E-state index in [1.54, 1.807) is 0 Å². The van der Waals surface area contributed by atoms with Crippen LogP contribution in [0.4, 0.5) is 0 Å². The Morgan fingerprint density at radius 1 is 1.26 bits per heavy atom. The quantitative estimate of drug-likeness (QED) is 0.776. The van der Waals surface area contributed by atoms with Gasteiger partial charge in [0, 0.05) is 18.2 Å². The van der Waals surface area contributed by atoms with Gasteiger partial charge >= 0.3 is 0 Å². The second kappa shape index (κ2) is 5.24. The molecule has 1 aromatic carbocycles. The highest BCUT2D eigenvalue weighted by Gasteiger charge is 2.33. The van der Waals surface area contributed by atoms with Crippen LogP contribution in [0.15, 0.2) is 24.3 Å². The van der Waals surface area contributed by atoms with Crippen molar-refractivity contribution in [3.8, 4) is 5.75 Å². The number of amides is 1. The third-order valence-corrected chi connectivity index (χ3v) is 4.34. The normalized spacial score (nSPS) is 26.5. The summed E-state index contributed by atoms with van der Waals surface area (Å²) >= 11 is 0. The maximum absolute atomic E-state index is 12.8. The van der Waals surface area contributed by atoms with Crippen molar-refractivity contribution >= 4 is 5.91 Å². The summed E-state index contributed by atoms with van der Waals surface area (Å²) in [5.41, 5.74) is 1.07. The van der Waals surface area contributed by atoms with Gasteiger partial charge in [-0.3, -0.25) is 4.79 Å². The third kappa shape index (κ3) is 2.34. The van der Waals surface area contributed by atoms with Crippen molar-refractivity contribution in [3.63, 3.8) is 0 Å². The molecule has 3 heteroatoms. The van der Waals surface area contributed by atoms with Crippen LogP contribution in [-0.2, 0) is 4.79 Å². The SMILES string of the molecule is CC1CCCCN1C(=O)C1CCOc2ccccc21. The summed E-state index contributed by atoms with van der Waals surface area (Å²) in [6.07, 6.45) is 4.33. The Kier molecular flexibility index (Phi) is 3.45. The second-order valence-electron chi connectivity index (χ2n) is 5.60. The van der Waals surface area contributed by atoms with Crippen LogP contribution in [0, 0.1) is 0 Å². The Bertz CT molecular complexity index is 472. The number of likely N-dealkylation sites (tertiary alicyclic amines) is 1. The van der Waals surface area contributed by atoms with Crippen molar-refractivity contribution in [1.29, 1.82) is 0 Å². The molecule has 2 aliphatic rings. The molecule has 2 heterocycles. The molecule has 1 aromatic rings. The summed E-state index contributed by atoms with van der Waals surface area (Å²) in [4.78, 5) is 14.9. The molecule has 0 aliphatic carbocycles. The second-order valence-corrected chi connectivity index (χ2v) is 5.60. The number of nitrogens with zero attached hydrogens (tertiary/aromatic N) is 1. The lowest BCUT2D eigenvalue weighted by molar-refractivity contribution is -0.136. The molecule has 0 saturated carbocycles. The van der Waals surface area contributed by atoms with E-state index in [2.05, 4.69) is 11.8 Å². The number of carbonyl (C=O) groups is 1. The zero-order valence-electron chi connectivity index (χ0n) is 11.5. The first-order chi connectivity index (χ1) is 9.27. The number of fused-ring (bicyclic) bond motifs is 1. The summed E-state index contributed by atoms with van der Waals surface area (Å²) in [5, 5.41) is 0. The van der Waals surface area contributed by atoms with E-state index in [4.69, 9.17) is 4.74 Å². The molecule has 1 fully saturated rings. The molecule has 19 heavy (non-hydrogen) atoms. The third-order valence-electron chi connectivity index (χ3n) is 4.34. The lowest BCUT2D eigenvalue weighted by Gasteiger charge is -2.37. The monoisotopic (exact) mass is 259 g/mol. The molecular weight excluding hydrogens is 238 g/mol. The van der Waals surface area contributed by atoms with E-state index in [1.807, 2.05) is 24.3 Å². The lowest BCUT2D eigenvalue weighted by atomic mass is 9.90. The summed E-state index contributed by atoms with van der Waals surface area (Å²) in [6, 6.07) is 8.35. The molecule has 2 unspecified atom stereocenters. The van der Waals surface area contributed by atoms with Gasteiger partial charge in [-0.15, -0.1) is 0 Å². The Morgan fingerprint density at radius 3 is 2.95 bits per heavy atom. The number of hydrogen-bond acceptors (Lipinski definition) is 2. The average molecular weight is 259 g/mol. The van der Waals surface area contributed by atoms with Crippen LogP contribution in [0.5, 0.6) is 5.75 Å².